The predicted molar refractivity (Wildman–Crippen MR) is 101 cm³/mol. The first-order valence-electron chi connectivity index (χ1n) is 8.62. The number of nitrogens with one attached hydrogen (secondary N) is 2. The molecule has 1 unspecified atom stereocenters. The average molecular weight is 398 g/mol. The number of hydrogen-bond acceptors (Lipinski definition) is 4. The summed E-state index contributed by atoms with van der Waals surface area (Å²) in [5.41, 5.74) is 1.42. The third-order valence-corrected chi connectivity index (χ3v) is 4.06. The van der Waals surface area contributed by atoms with Gasteiger partial charge in [-0.2, -0.15) is 5.10 Å². The van der Waals surface area contributed by atoms with Crippen LogP contribution in [0.5, 0.6) is 5.75 Å². The van der Waals surface area contributed by atoms with Gasteiger partial charge in [-0.1, -0.05) is 18.2 Å². The highest BCUT2D eigenvalue weighted by Gasteiger charge is 2.32. The van der Waals surface area contributed by atoms with E-state index in [9.17, 15) is 13.2 Å². The molecule has 28 heavy (non-hydrogen) atoms. The van der Waals surface area contributed by atoms with Gasteiger partial charge in [0.15, 0.2) is 5.96 Å². The van der Waals surface area contributed by atoms with Crippen LogP contribution in [0, 0.1) is 0 Å². The molecule has 0 fully saturated rings. The number of aromatic nitrogens is 2. The third kappa shape index (κ3) is 6.45. The van der Waals surface area contributed by atoms with Gasteiger partial charge in [0.05, 0.1) is 12.2 Å². The molecule has 1 aromatic carbocycles. The number of guanidine groups is 1. The summed E-state index contributed by atoms with van der Waals surface area (Å²) in [5.74, 6) is 0.233. The Labute approximate surface area is 162 Å². The molecule has 2 aromatic rings. The van der Waals surface area contributed by atoms with Gasteiger partial charge in [-0.3, -0.25) is 9.67 Å². The molecule has 1 aromatic heterocycles. The number of halogens is 3. The molecule has 0 bridgehead atoms. The van der Waals surface area contributed by atoms with E-state index in [0.717, 1.165) is 5.56 Å². The van der Waals surface area contributed by atoms with Crippen LogP contribution in [-0.2, 0) is 13.6 Å². The second-order valence-electron chi connectivity index (χ2n) is 6.39. The fraction of sp³-hybridized carbons (Fsp3) is 0.444. The van der Waals surface area contributed by atoms with Crippen molar-refractivity contribution in [2.45, 2.75) is 18.9 Å². The third-order valence-electron chi connectivity index (χ3n) is 4.06. The maximum Gasteiger partial charge on any atom is 0.573 e. The Hall–Kier alpha value is -2.75. The lowest BCUT2D eigenvalue weighted by Crippen LogP contribution is -2.41. The van der Waals surface area contributed by atoms with Crippen LogP contribution in [0.2, 0.25) is 0 Å². The predicted octanol–water partition coefficient (Wildman–Crippen LogP) is 2.29. The summed E-state index contributed by atoms with van der Waals surface area (Å²) in [6, 6.07) is 6.05. The zero-order valence-corrected chi connectivity index (χ0v) is 16.3. The zero-order valence-electron chi connectivity index (χ0n) is 16.3. The summed E-state index contributed by atoms with van der Waals surface area (Å²) in [5, 5.41) is 10.4. The van der Waals surface area contributed by atoms with Gasteiger partial charge in [0.25, 0.3) is 0 Å². The largest absolute Gasteiger partial charge is 0.573 e. The molecule has 0 saturated heterocycles. The SMILES string of the molecule is CN=C(NCc1ccccc1OC(F)(F)F)NCC(c1cnn(C)c1)N(C)C. The standard InChI is InChI=1S/C18H25F3N6O/c1-22-17(24-11-15(26(2)3)14-10-25-27(4)12-14)23-9-13-7-5-6-8-16(13)28-18(19,20)21/h5-8,10,12,15H,9,11H2,1-4H3,(H2,22,23,24). The van der Waals surface area contributed by atoms with Crippen LogP contribution in [0.25, 0.3) is 0 Å². The van der Waals surface area contributed by atoms with Crippen LogP contribution >= 0.6 is 0 Å². The first-order chi connectivity index (χ1) is 13.2. The van der Waals surface area contributed by atoms with Gasteiger partial charge in [-0.25, -0.2) is 0 Å². The summed E-state index contributed by atoms with van der Waals surface area (Å²) < 4.78 is 43.4. The second kappa shape index (κ2) is 9.45. The van der Waals surface area contributed by atoms with Gasteiger partial charge in [0.2, 0.25) is 0 Å². The van der Waals surface area contributed by atoms with E-state index in [1.54, 1.807) is 30.1 Å². The molecule has 154 valence electrons. The number of likely N-dealkylation sites (N-methyl/N-ethyl adjacent to an activating group) is 1. The van der Waals surface area contributed by atoms with Crippen molar-refractivity contribution in [1.82, 2.24) is 25.3 Å². The zero-order chi connectivity index (χ0) is 20.7. The van der Waals surface area contributed by atoms with Gasteiger partial charge in [-0.15, -0.1) is 13.2 Å². The maximum atomic E-state index is 12.5. The molecule has 1 atom stereocenters. The van der Waals surface area contributed by atoms with Gasteiger partial charge >= 0.3 is 6.36 Å². The number of alkyl halides is 3. The number of hydrogen-bond donors (Lipinski definition) is 2. The van der Waals surface area contributed by atoms with Crippen molar-refractivity contribution in [2.24, 2.45) is 12.0 Å². The molecule has 0 aliphatic rings. The molecular formula is C18H25F3N6O. The van der Waals surface area contributed by atoms with E-state index in [1.807, 2.05) is 32.2 Å². The van der Waals surface area contributed by atoms with E-state index >= 15 is 0 Å². The first-order valence-corrected chi connectivity index (χ1v) is 8.62. The number of para-hydroxylation sites is 1. The molecule has 0 saturated carbocycles. The van der Waals surface area contributed by atoms with Gasteiger partial charge in [0, 0.05) is 44.5 Å². The van der Waals surface area contributed by atoms with Crippen LogP contribution in [0.15, 0.2) is 41.7 Å². The maximum absolute atomic E-state index is 12.5. The minimum Gasteiger partial charge on any atom is -0.405 e. The van der Waals surface area contributed by atoms with Crippen molar-refractivity contribution in [3.05, 3.63) is 47.8 Å². The van der Waals surface area contributed by atoms with Crippen LogP contribution < -0.4 is 15.4 Å². The number of aryl methyl sites for hydroxylation is 1. The van der Waals surface area contributed by atoms with Crippen molar-refractivity contribution in [3.8, 4) is 5.75 Å². The average Bonchev–Trinajstić information content (AvgIpc) is 3.03. The Morgan fingerprint density at radius 1 is 1.29 bits per heavy atom. The van der Waals surface area contributed by atoms with Crippen LogP contribution in [0.3, 0.4) is 0 Å². The number of nitrogens with zero attached hydrogens (tertiary/aromatic N) is 4. The van der Waals surface area contributed by atoms with Crippen LogP contribution in [0.4, 0.5) is 13.2 Å². The topological polar surface area (TPSA) is 66.7 Å². The lowest BCUT2D eigenvalue weighted by molar-refractivity contribution is -0.274. The summed E-state index contributed by atoms with van der Waals surface area (Å²) >= 11 is 0. The molecule has 0 aliphatic carbocycles. The molecule has 0 aliphatic heterocycles. The highest BCUT2D eigenvalue weighted by atomic mass is 19.4. The Morgan fingerprint density at radius 2 is 2.00 bits per heavy atom. The Balaban J connectivity index is 1.98. The summed E-state index contributed by atoms with van der Waals surface area (Å²) in [4.78, 5) is 6.17. The molecular weight excluding hydrogens is 373 g/mol. The normalized spacial score (nSPS) is 13.5. The fourth-order valence-corrected chi connectivity index (χ4v) is 2.68. The molecule has 1 heterocycles. The van der Waals surface area contributed by atoms with Crippen molar-refractivity contribution >= 4 is 5.96 Å². The quantitative estimate of drug-likeness (QED) is 0.553. The summed E-state index contributed by atoms with van der Waals surface area (Å²) in [6.45, 7) is 0.671. The second-order valence-corrected chi connectivity index (χ2v) is 6.39. The van der Waals surface area contributed by atoms with E-state index < -0.39 is 6.36 Å². The van der Waals surface area contributed by atoms with Crippen molar-refractivity contribution in [2.75, 3.05) is 27.7 Å². The van der Waals surface area contributed by atoms with Gasteiger partial charge in [0.1, 0.15) is 5.75 Å². The Morgan fingerprint density at radius 3 is 2.57 bits per heavy atom. The number of aliphatic imine (C=N–C) groups is 1. The van der Waals surface area contributed by atoms with Crippen molar-refractivity contribution in [1.29, 1.82) is 0 Å². The Bertz CT molecular complexity index is 788. The molecule has 10 heteroatoms. The highest BCUT2D eigenvalue weighted by molar-refractivity contribution is 5.79. The summed E-state index contributed by atoms with van der Waals surface area (Å²) in [6.07, 6.45) is -1.00. The lowest BCUT2D eigenvalue weighted by Gasteiger charge is -2.24. The van der Waals surface area contributed by atoms with E-state index in [-0.39, 0.29) is 18.3 Å². The molecule has 0 spiro atoms. The van der Waals surface area contributed by atoms with E-state index in [2.05, 4.69) is 25.5 Å². The minimum absolute atomic E-state index is 0.0492. The molecule has 0 radical (unpaired) electrons. The number of benzene rings is 1. The van der Waals surface area contributed by atoms with E-state index in [1.165, 1.54) is 12.1 Å². The van der Waals surface area contributed by atoms with Crippen LogP contribution in [-0.4, -0.2) is 54.7 Å². The van der Waals surface area contributed by atoms with Gasteiger partial charge in [-0.05, 0) is 20.2 Å². The summed E-state index contributed by atoms with van der Waals surface area (Å²) in [7, 11) is 7.37. The highest BCUT2D eigenvalue weighted by Crippen LogP contribution is 2.26. The van der Waals surface area contributed by atoms with E-state index in [0.29, 0.717) is 18.1 Å². The molecule has 2 N–H and O–H groups in total. The lowest BCUT2D eigenvalue weighted by atomic mass is 10.1. The Kier molecular flexibility index (Phi) is 7.27. The van der Waals surface area contributed by atoms with Crippen LogP contribution in [0.1, 0.15) is 17.2 Å². The van der Waals surface area contributed by atoms with E-state index in [4.69, 9.17) is 0 Å². The van der Waals surface area contributed by atoms with Crippen molar-refractivity contribution < 1.29 is 17.9 Å². The number of rotatable bonds is 7. The molecule has 2 rings (SSSR count). The minimum atomic E-state index is -4.74. The smallest absolute Gasteiger partial charge is 0.405 e. The molecule has 7 nitrogen and oxygen atoms in total. The first kappa shape index (κ1) is 21.5. The fourth-order valence-electron chi connectivity index (χ4n) is 2.68. The number of ether oxygens (including phenoxy) is 1. The van der Waals surface area contributed by atoms with Crippen molar-refractivity contribution in [3.63, 3.8) is 0 Å². The monoisotopic (exact) mass is 398 g/mol. The van der Waals surface area contributed by atoms with Gasteiger partial charge < -0.3 is 20.3 Å². The molecule has 0 amide bonds.